The van der Waals surface area contributed by atoms with E-state index in [2.05, 4.69) is 10.8 Å². The Balaban J connectivity index is 1.38. The number of rotatable bonds is 11. The van der Waals surface area contributed by atoms with Gasteiger partial charge < -0.3 is 30.2 Å². The monoisotopic (exact) mass is 664 g/mol. The van der Waals surface area contributed by atoms with Crippen LogP contribution in [0.3, 0.4) is 0 Å². The summed E-state index contributed by atoms with van der Waals surface area (Å²) in [6.45, 7) is -0.184. The summed E-state index contributed by atoms with van der Waals surface area (Å²) in [5.74, 6) is -2.62. The van der Waals surface area contributed by atoms with E-state index in [1.54, 1.807) is 36.4 Å². The maximum Gasteiger partial charge on any atom is 0.338 e. The quantitative estimate of drug-likeness (QED) is 0.0812. The molecular formula is C29H20Cl4N2O8. The minimum absolute atomic E-state index is 0.0301. The number of hydrogen-bond donors (Lipinski definition) is 5. The number of halogens is 4. The number of anilines is 1. The second-order valence-corrected chi connectivity index (χ2v) is 10.4. The van der Waals surface area contributed by atoms with Crippen molar-refractivity contribution in [1.82, 2.24) is 5.48 Å². The smallest absolute Gasteiger partial charge is 0.338 e. The molecule has 0 aliphatic carbocycles. The van der Waals surface area contributed by atoms with Gasteiger partial charge >= 0.3 is 11.9 Å². The molecule has 4 aromatic rings. The number of hydroxylamine groups is 1. The average Bonchev–Trinajstić information content (AvgIpc) is 2.97. The molecular weight excluding hydrogens is 646 g/mol. The van der Waals surface area contributed by atoms with Crippen LogP contribution in [0.5, 0.6) is 11.5 Å². The van der Waals surface area contributed by atoms with Crippen LogP contribution in [-0.2, 0) is 0 Å². The predicted octanol–water partition coefficient (Wildman–Crippen LogP) is 7.43. The van der Waals surface area contributed by atoms with E-state index < -0.39 is 29.5 Å². The van der Waals surface area contributed by atoms with Gasteiger partial charge in [-0.05, 0) is 66.2 Å². The zero-order valence-electron chi connectivity index (χ0n) is 21.6. The van der Waals surface area contributed by atoms with Gasteiger partial charge in [0.1, 0.15) is 11.5 Å². The van der Waals surface area contributed by atoms with Gasteiger partial charge in [0.25, 0.3) is 5.91 Å². The minimum Gasteiger partial charge on any atom is -0.478 e. The highest BCUT2D eigenvalue weighted by Gasteiger charge is 2.26. The third kappa shape index (κ3) is 7.31. The number of carboxylic acid groups (broad SMARTS) is 2. The zero-order valence-corrected chi connectivity index (χ0v) is 24.6. The van der Waals surface area contributed by atoms with Crippen molar-refractivity contribution in [2.75, 3.05) is 12.1 Å². The van der Waals surface area contributed by atoms with Crippen molar-refractivity contribution in [2.45, 2.75) is 6.04 Å². The van der Waals surface area contributed by atoms with Crippen molar-refractivity contribution in [2.24, 2.45) is 0 Å². The summed E-state index contributed by atoms with van der Waals surface area (Å²) in [5, 5.41) is 31.3. The van der Waals surface area contributed by atoms with Gasteiger partial charge in [0, 0.05) is 16.3 Å². The van der Waals surface area contributed by atoms with Crippen LogP contribution in [-0.4, -0.2) is 40.1 Å². The second kappa shape index (κ2) is 14.0. The van der Waals surface area contributed by atoms with E-state index in [4.69, 9.17) is 55.9 Å². The Kier molecular flexibility index (Phi) is 10.4. The third-order valence-corrected chi connectivity index (χ3v) is 7.37. The first kappa shape index (κ1) is 31.9. The average molecular weight is 666 g/mol. The molecule has 1 amide bonds. The minimum atomic E-state index is -1.39. The number of ether oxygens (including phenoxy) is 2. The Hall–Kier alpha value is -4.03. The lowest BCUT2D eigenvalue weighted by Gasteiger charge is -2.20. The van der Waals surface area contributed by atoms with Crippen molar-refractivity contribution < 1.29 is 39.3 Å². The van der Waals surface area contributed by atoms with E-state index in [0.29, 0.717) is 22.7 Å². The number of nitrogens with one attached hydrogen (secondary N) is 2. The molecule has 1 unspecified atom stereocenters. The number of carbonyl (C=O) groups is 3. The summed E-state index contributed by atoms with van der Waals surface area (Å²) in [6.07, 6.45) is 0. The van der Waals surface area contributed by atoms with E-state index in [1.807, 2.05) is 0 Å². The molecule has 0 aliphatic heterocycles. The number of aromatic carboxylic acids is 2. The Morgan fingerprint density at radius 3 is 1.63 bits per heavy atom. The summed E-state index contributed by atoms with van der Waals surface area (Å²) in [7, 11) is 0. The van der Waals surface area contributed by atoms with Crippen LogP contribution < -0.4 is 20.3 Å². The van der Waals surface area contributed by atoms with Gasteiger partial charge in [-0.15, -0.1) is 0 Å². The van der Waals surface area contributed by atoms with Gasteiger partial charge in [-0.2, -0.15) is 5.48 Å². The molecule has 1 atom stereocenters. The number of hydrogen-bond acceptors (Lipinski definition) is 7. The lowest BCUT2D eigenvalue weighted by atomic mass is 9.94. The van der Waals surface area contributed by atoms with Crippen LogP contribution in [0.2, 0.25) is 20.1 Å². The van der Waals surface area contributed by atoms with Crippen LogP contribution in [0.4, 0.5) is 5.69 Å². The molecule has 4 rings (SSSR count). The van der Waals surface area contributed by atoms with Crippen molar-refractivity contribution in [3.63, 3.8) is 0 Å². The van der Waals surface area contributed by atoms with Gasteiger partial charge in [-0.3, -0.25) is 4.79 Å². The lowest BCUT2D eigenvalue weighted by molar-refractivity contribution is 0.0682. The standard InChI is InChI=1S/C29H20Cl4N2O8/c30-18-9-11-20(32)24(28(37)38)22(18)26(35-41)14-1-5-16(6-2-14)42-13-43-17-7-3-15(4-8-17)34-27(36)23-19(31)10-12-21(33)25(23)29(39)40/h1-12,26,35,41H,13H2,(H,34,36)(H,37,38)(H,39,40). The molecule has 0 radical (unpaired) electrons. The number of carbonyl (C=O) groups excluding carboxylic acids is 1. The van der Waals surface area contributed by atoms with Crippen molar-refractivity contribution in [3.8, 4) is 11.5 Å². The van der Waals surface area contributed by atoms with Crippen LogP contribution >= 0.6 is 46.4 Å². The van der Waals surface area contributed by atoms with E-state index in [0.717, 1.165) is 0 Å². The molecule has 43 heavy (non-hydrogen) atoms. The van der Waals surface area contributed by atoms with E-state index in [-0.39, 0.29) is 43.6 Å². The van der Waals surface area contributed by atoms with Gasteiger partial charge in [-0.1, -0.05) is 58.5 Å². The predicted molar refractivity (Wildman–Crippen MR) is 161 cm³/mol. The van der Waals surface area contributed by atoms with E-state index in [1.165, 1.54) is 36.4 Å². The molecule has 0 saturated heterocycles. The Morgan fingerprint density at radius 2 is 1.12 bits per heavy atom. The van der Waals surface area contributed by atoms with E-state index >= 15 is 0 Å². The van der Waals surface area contributed by atoms with Crippen molar-refractivity contribution >= 4 is 69.9 Å². The number of benzene rings is 4. The topological polar surface area (TPSA) is 154 Å². The highest BCUT2D eigenvalue weighted by molar-refractivity contribution is 6.39. The first-order chi connectivity index (χ1) is 20.5. The SMILES string of the molecule is O=C(O)c1c(Cl)ccc(Cl)c1C(=O)Nc1ccc(OCOc2ccc(C(NO)c3c(Cl)ccc(Cl)c3C(=O)O)cc2)cc1. The fraction of sp³-hybridized carbons (Fsp3) is 0.0690. The normalized spacial score (nSPS) is 11.5. The molecule has 0 heterocycles. The number of amides is 1. The first-order valence-corrected chi connectivity index (χ1v) is 13.6. The maximum atomic E-state index is 12.7. The van der Waals surface area contributed by atoms with E-state index in [9.17, 15) is 29.8 Å². The van der Waals surface area contributed by atoms with Gasteiger partial charge in [0.2, 0.25) is 6.79 Å². The summed E-state index contributed by atoms with van der Waals surface area (Å²) in [6, 6.07) is 17.0. The van der Waals surface area contributed by atoms with Crippen LogP contribution in [0.15, 0.2) is 72.8 Å². The van der Waals surface area contributed by atoms with Crippen LogP contribution in [0.25, 0.3) is 0 Å². The fourth-order valence-corrected chi connectivity index (χ4v) is 5.10. The molecule has 10 nitrogen and oxygen atoms in total. The first-order valence-electron chi connectivity index (χ1n) is 12.1. The molecule has 0 fully saturated rings. The summed E-state index contributed by atoms with van der Waals surface area (Å²) in [5.41, 5.74) is 2.10. The maximum absolute atomic E-state index is 12.7. The second-order valence-electron chi connectivity index (χ2n) is 8.72. The van der Waals surface area contributed by atoms with Crippen molar-refractivity contribution in [3.05, 3.63) is 121 Å². The largest absolute Gasteiger partial charge is 0.478 e. The highest BCUT2D eigenvalue weighted by Crippen LogP contribution is 2.35. The van der Waals surface area contributed by atoms with Gasteiger partial charge in [0.05, 0.1) is 37.8 Å². The molecule has 0 bridgehead atoms. The molecule has 4 aromatic carbocycles. The fourth-order valence-electron chi connectivity index (χ4n) is 4.11. The summed E-state index contributed by atoms with van der Waals surface area (Å²) in [4.78, 5) is 36.1. The Labute approximate surface area is 264 Å². The lowest BCUT2D eigenvalue weighted by Crippen LogP contribution is -2.22. The Morgan fingerprint density at radius 1 is 0.651 bits per heavy atom. The Bertz CT molecular complexity index is 1680. The molecule has 222 valence electrons. The van der Waals surface area contributed by atoms with Crippen LogP contribution in [0, 0.1) is 0 Å². The molecule has 0 aliphatic rings. The molecule has 0 spiro atoms. The number of carboxylic acids is 2. The summed E-state index contributed by atoms with van der Waals surface area (Å²) >= 11 is 24.3. The van der Waals surface area contributed by atoms with Crippen LogP contribution in [0.1, 0.15) is 48.2 Å². The third-order valence-electron chi connectivity index (χ3n) is 6.09. The zero-order chi connectivity index (χ0) is 31.3. The molecule has 0 saturated carbocycles. The van der Waals surface area contributed by atoms with Crippen molar-refractivity contribution in [1.29, 1.82) is 0 Å². The van der Waals surface area contributed by atoms with Gasteiger partial charge in [-0.25, -0.2) is 9.59 Å². The molecule has 5 N–H and O–H groups in total. The molecule has 14 heteroatoms. The summed E-state index contributed by atoms with van der Waals surface area (Å²) < 4.78 is 11.2. The molecule has 0 aromatic heterocycles. The van der Waals surface area contributed by atoms with Gasteiger partial charge in [0.15, 0.2) is 0 Å². The highest BCUT2D eigenvalue weighted by atomic mass is 35.5.